The summed E-state index contributed by atoms with van der Waals surface area (Å²) >= 11 is 1.34. The second kappa shape index (κ2) is 5.90. The smallest absolute Gasteiger partial charge is 0.188 e. The van der Waals surface area contributed by atoms with E-state index in [0.717, 1.165) is 22.2 Å². The van der Waals surface area contributed by atoms with Gasteiger partial charge < -0.3 is 0 Å². The molecule has 0 saturated carbocycles. The zero-order chi connectivity index (χ0) is 16.6. The summed E-state index contributed by atoms with van der Waals surface area (Å²) in [6.45, 7) is 5.65. The molecule has 0 aliphatic carbocycles. The standard InChI is InChI=1S/C18H15N3OS/c1-10-4-5-16-13(6-10)7-14(12(3)21-16)17(22)15(8-19)18-20-11(2)9-23-18/h4-7,9,15H,1-3H3. The van der Waals surface area contributed by atoms with Crippen molar-refractivity contribution in [1.29, 1.82) is 5.26 Å². The fourth-order valence-electron chi connectivity index (χ4n) is 2.53. The lowest BCUT2D eigenvalue weighted by molar-refractivity contribution is 0.0978. The Labute approximate surface area is 138 Å². The van der Waals surface area contributed by atoms with Crippen LogP contribution in [0.4, 0.5) is 0 Å². The number of hydrogen-bond acceptors (Lipinski definition) is 5. The van der Waals surface area contributed by atoms with Crippen molar-refractivity contribution < 1.29 is 4.79 Å². The highest BCUT2D eigenvalue weighted by Crippen LogP contribution is 2.26. The Bertz CT molecular complexity index is 953. The maximum absolute atomic E-state index is 12.8. The molecule has 114 valence electrons. The summed E-state index contributed by atoms with van der Waals surface area (Å²) in [4.78, 5) is 21.6. The average molecular weight is 321 g/mol. The monoisotopic (exact) mass is 321 g/mol. The molecule has 0 spiro atoms. The number of Topliss-reactive ketones (excluding diaryl/α,β-unsaturated/α-hetero) is 1. The van der Waals surface area contributed by atoms with Crippen molar-refractivity contribution in [2.24, 2.45) is 0 Å². The zero-order valence-corrected chi connectivity index (χ0v) is 13.9. The number of nitriles is 1. The summed E-state index contributed by atoms with van der Waals surface area (Å²) in [6, 6.07) is 9.85. The van der Waals surface area contributed by atoms with Gasteiger partial charge in [0.1, 0.15) is 5.01 Å². The molecule has 0 aliphatic rings. The second-order valence-electron chi connectivity index (χ2n) is 5.57. The molecule has 0 aliphatic heterocycles. The van der Waals surface area contributed by atoms with Crippen molar-refractivity contribution in [2.75, 3.05) is 0 Å². The molecule has 3 aromatic rings. The number of pyridine rings is 1. The van der Waals surface area contributed by atoms with E-state index >= 15 is 0 Å². The number of ketones is 1. The van der Waals surface area contributed by atoms with Gasteiger partial charge in [-0.1, -0.05) is 11.6 Å². The highest BCUT2D eigenvalue weighted by Gasteiger charge is 2.26. The van der Waals surface area contributed by atoms with Crippen LogP contribution < -0.4 is 0 Å². The Morgan fingerprint density at radius 1 is 1.22 bits per heavy atom. The van der Waals surface area contributed by atoms with Crippen LogP contribution in [-0.4, -0.2) is 15.8 Å². The lowest BCUT2D eigenvalue weighted by atomic mass is 9.96. The van der Waals surface area contributed by atoms with Crippen LogP contribution in [0.2, 0.25) is 0 Å². The summed E-state index contributed by atoms with van der Waals surface area (Å²) in [5.41, 5.74) is 3.90. The van der Waals surface area contributed by atoms with Gasteiger partial charge in [-0.3, -0.25) is 9.78 Å². The first-order valence-electron chi connectivity index (χ1n) is 7.23. The van der Waals surface area contributed by atoms with Crippen molar-refractivity contribution in [2.45, 2.75) is 26.7 Å². The third kappa shape index (κ3) is 2.86. The summed E-state index contributed by atoms with van der Waals surface area (Å²) in [6.07, 6.45) is 0. The first kappa shape index (κ1) is 15.3. The maximum Gasteiger partial charge on any atom is 0.188 e. The van der Waals surface area contributed by atoms with Crippen LogP contribution in [0.3, 0.4) is 0 Å². The van der Waals surface area contributed by atoms with Gasteiger partial charge in [0.2, 0.25) is 0 Å². The minimum absolute atomic E-state index is 0.241. The number of carbonyl (C=O) groups excluding carboxylic acids is 1. The van der Waals surface area contributed by atoms with Crippen LogP contribution in [0.1, 0.15) is 38.2 Å². The highest BCUT2D eigenvalue weighted by molar-refractivity contribution is 7.10. The van der Waals surface area contributed by atoms with E-state index in [9.17, 15) is 10.1 Å². The van der Waals surface area contributed by atoms with Crippen molar-refractivity contribution in [3.63, 3.8) is 0 Å². The molecule has 3 rings (SSSR count). The fraction of sp³-hybridized carbons (Fsp3) is 0.222. The number of hydrogen-bond donors (Lipinski definition) is 0. The normalized spacial score (nSPS) is 12.1. The molecule has 2 heterocycles. The van der Waals surface area contributed by atoms with Crippen molar-refractivity contribution in [3.05, 3.63) is 57.2 Å². The predicted molar refractivity (Wildman–Crippen MR) is 90.8 cm³/mol. The van der Waals surface area contributed by atoms with Crippen LogP contribution in [0.5, 0.6) is 0 Å². The highest BCUT2D eigenvalue weighted by atomic mass is 32.1. The first-order chi connectivity index (χ1) is 11.0. The molecule has 5 heteroatoms. The van der Waals surface area contributed by atoms with Gasteiger partial charge in [-0.2, -0.15) is 5.26 Å². The minimum Gasteiger partial charge on any atom is -0.292 e. The van der Waals surface area contributed by atoms with Gasteiger partial charge in [0.25, 0.3) is 0 Å². The second-order valence-corrected chi connectivity index (χ2v) is 6.46. The van der Waals surface area contributed by atoms with Crippen molar-refractivity contribution in [1.82, 2.24) is 9.97 Å². The Morgan fingerprint density at radius 2 is 2.00 bits per heavy atom. The van der Waals surface area contributed by atoms with Crippen LogP contribution >= 0.6 is 11.3 Å². The number of carbonyl (C=O) groups is 1. The Kier molecular flexibility index (Phi) is 3.93. The summed E-state index contributed by atoms with van der Waals surface area (Å²) in [5, 5.41) is 12.7. The lowest BCUT2D eigenvalue weighted by Gasteiger charge is -2.10. The largest absolute Gasteiger partial charge is 0.292 e. The molecule has 0 saturated heterocycles. The quantitative estimate of drug-likeness (QED) is 0.681. The van der Waals surface area contributed by atoms with Crippen LogP contribution in [0.25, 0.3) is 10.9 Å². The lowest BCUT2D eigenvalue weighted by Crippen LogP contribution is -2.13. The number of nitrogens with zero attached hydrogens (tertiary/aromatic N) is 3. The van der Waals surface area contributed by atoms with E-state index in [1.165, 1.54) is 11.3 Å². The van der Waals surface area contributed by atoms with Crippen LogP contribution in [0, 0.1) is 32.1 Å². The summed E-state index contributed by atoms with van der Waals surface area (Å²) in [7, 11) is 0. The number of rotatable bonds is 3. The molecular weight excluding hydrogens is 306 g/mol. The van der Waals surface area contributed by atoms with Gasteiger partial charge in [-0.15, -0.1) is 11.3 Å². The SMILES string of the molecule is Cc1ccc2nc(C)c(C(=O)C(C#N)c3nc(C)cs3)cc2c1. The van der Waals surface area contributed by atoms with E-state index in [0.29, 0.717) is 16.3 Å². The van der Waals surface area contributed by atoms with E-state index in [1.54, 1.807) is 6.92 Å². The average Bonchev–Trinajstić information content (AvgIpc) is 2.94. The summed E-state index contributed by atoms with van der Waals surface area (Å²) < 4.78 is 0. The summed E-state index contributed by atoms with van der Waals surface area (Å²) in [5.74, 6) is -1.12. The molecule has 4 nitrogen and oxygen atoms in total. The van der Waals surface area contributed by atoms with E-state index in [-0.39, 0.29) is 5.78 Å². The third-order valence-electron chi connectivity index (χ3n) is 3.70. The molecule has 1 aromatic carbocycles. The van der Waals surface area contributed by atoms with E-state index < -0.39 is 5.92 Å². The topological polar surface area (TPSA) is 66.6 Å². The van der Waals surface area contributed by atoms with Gasteiger partial charge in [-0.05, 0) is 39.0 Å². The van der Waals surface area contributed by atoms with Gasteiger partial charge in [0.15, 0.2) is 11.7 Å². The van der Waals surface area contributed by atoms with Crippen LogP contribution in [-0.2, 0) is 0 Å². The predicted octanol–water partition coefficient (Wildman–Crippen LogP) is 4.11. The molecular formula is C18H15N3OS. The molecule has 0 N–H and O–H groups in total. The fourth-order valence-corrected chi connectivity index (χ4v) is 3.36. The number of thiazole rings is 1. The van der Waals surface area contributed by atoms with Gasteiger partial charge >= 0.3 is 0 Å². The molecule has 0 fully saturated rings. The number of fused-ring (bicyclic) bond motifs is 1. The number of benzene rings is 1. The molecule has 23 heavy (non-hydrogen) atoms. The first-order valence-corrected chi connectivity index (χ1v) is 8.11. The Balaban J connectivity index is 2.09. The molecule has 0 amide bonds. The molecule has 1 atom stereocenters. The minimum atomic E-state index is -0.878. The maximum atomic E-state index is 12.8. The van der Waals surface area contributed by atoms with Crippen LogP contribution in [0.15, 0.2) is 29.6 Å². The molecule has 2 aromatic heterocycles. The van der Waals surface area contributed by atoms with E-state index in [1.807, 2.05) is 43.5 Å². The van der Waals surface area contributed by atoms with Gasteiger partial charge in [0.05, 0.1) is 11.6 Å². The van der Waals surface area contributed by atoms with E-state index in [2.05, 4.69) is 16.0 Å². The number of aromatic nitrogens is 2. The van der Waals surface area contributed by atoms with E-state index in [4.69, 9.17) is 0 Å². The van der Waals surface area contributed by atoms with Crippen molar-refractivity contribution >= 4 is 28.0 Å². The molecule has 0 radical (unpaired) electrons. The van der Waals surface area contributed by atoms with Gasteiger partial charge in [0, 0.05) is 27.7 Å². The molecule has 0 bridgehead atoms. The number of aryl methyl sites for hydroxylation is 3. The third-order valence-corrected chi connectivity index (χ3v) is 4.73. The molecule has 1 unspecified atom stereocenters. The Morgan fingerprint density at radius 3 is 2.65 bits per heavy atom. The Hall–Kier alpha value is -2.58. The van der Waals surface area contributed by atoms with Gasteiger partial charge in [-0.25, -0.2) is 4.98 Å². The zero-order valence-electron chi connectivity index (χ0n) is 13.1. The van der Waals surface area contributed by atoms with Crippen molar-refractivity contribution in [3.8, 4) is 6.07 Å².